The quantitative estimate of drug-likeness (QED) is 0.0360. The summed E-state index contributed by atoms with van der Waals surface area (Å²) in [4.78, 5) is 25.2. The van der Waals surface area contributed by atoms with Crippen molar-refractivity contribution >= 4 is 11.9 Å². The Labute approximate surface area is 351 Å². The highest BCUT2D eigenvalue weighted by Gasteiger charge is 2.45. The number of hydrogen-bond acceptors (Lipinski definition) is 7. The summed E-state index contributed by atoms with van der Waals surface area (Å²) in [6.45, 7) is 4.06. The van der Waals surface area contributed by atoms with Crippen molar-refractivity contribution in [3.8, 4) is 0 Å². The SMILES string of the molecule is CCCCCCCCC=CCCCCCCCCCCCC(=O)O[C@H]1[C@@H]([C@@H](CO)OC(=O)CCCCCCCCCCCC=CCCCCCCCC)OC[C@@H]1O. The van der Waals surface area contributed by atoms with E-state index >= 15 is 0 Å². The number of hydrogen-bond donors (Lipinski definition) is 2. The molecule has 7 heteroatoms. The van der Waals surface area contributed by atoms with E-state index in [0.29, 0.717) is 0 Å². The molecule has 0 saturated carbocycles. The Balaban J connectivity index is 2.03. The highest BCUT2D eigenvalue weighted by molar-refractivity contribution is 5.70. The summed E-state index contributed by atoms with van der Waals surface area (Å²) in [5.74, 6) is -0.777. The molecule has 1 rings (SSSR count). The zero-order valence-corrected chi connectivity index (χ0v) is 37.4. The van der Waals surface area contributed by atoms with Gasteiger partial charge in [-0.05, 0) is 64.2 Å². The van der Waals surface area contributed by atoms with Crippen LogP contribution < -0.4 is 0 Å². The number of allylic oxidation sites excluding steroid dienone is 4. The topological polar surface area (TPSA) is 102 Å². The monoisotopic (exact) mass is 805 g/mol. The second kappa shape index (κ2) is 41.1. The Bertz CT molecular complexity index is 949. The largest absolute Gasteiger partial charge is 0.457 e. The first-order chi connectivity index (χ1) is 28.0. The Morgan fingerprint density at radius 2 is 0.860 bits per heavy atom. The Kier molecular flexibility index (Phi) is 38.4. The van der Waals surface area contributed by atoms with E-state index in [1.54, 1.807) is 0 Å². The Morgan fingerprint density at radius 3 is 1.23 bits per heavy atom. The Morgan fingerprint density at radius 1 is 0.526 bits per heavy atom. The van der Waals surface area contributed by atoms with Crippen LogP contribution >= 0.6 is 0 Å². The fourth-order valence-corrected chi connectivity index (χ4v) is 7.82. The molecule has 0 aromatic rings. The van der Waals surface area contributed by atoms with E-state index in [9.17, 15) is 19.8 Å². The van der Waals surface area contributed by atoms with Crippen LogP contribution in [0.4, 0.5) is 0 Å². The van der Waals surface area contributed by atoms with Crippen LogP contribution in [0.3, 0.4) is 0 Å². The number of carbonyl (C=O) groups excluding carboxylic acids is 2. The van der Waals surface area contributed by atoms with Crippen molar-refractivity contribution in [1.29, 1.82) is 0 Å². The number of esters is 2. The number of aliphatic hydroxyl groups excluding tert-OH is 2. The van der Waals surface area contributed by atoms with Gasteiger partial charge in [0.05, 0.1) is 13.2 Å². The van der Waals surface area contributed by atoms with Gasteiger partial charge in [-0.15, -0.1) is 0 Å². The van der Waals surface area contributed by atoms with E-state index < -0.39 is 37.0 Å². The molecule has 0 unspecified atom stereocenters. The molecule has 0 bridgehead atoms. The highest BCUT2D eigenvalue weighted by atomic mass is 16.6. The van der Waals surface area contributed by atoms with Crippen LogP contribution in [0, 0.1) is 0 Å². The third-order valence-corrected chi connectivity index (χ3v) is 11.5. The molecule has 57 heavy (non-hydrogen) atoms. The highest BCUT2D eigenvalue weighted by Crippen LogP contribution is 2.24. The minimum atomic E-state index is -1.01. The minimum absolute atomic E-state index is 0.0248. The lowest BCUT2D eigenvalue weighted by Gasteiger charge is -2.27. The molecule has 334 valence electrons. The molecule has 1 fully saturated rings. The van der Waals surface area contributed by atoms with Gasteiger partial charge in [-0.2, -0.15) is 0 Å². The fourth-order valence-electron chi connectivity index (χ4n) is 7.82. The van der Waals surface area contributed by atoms with E-state index in [-0.39, 0.29) is 25.4 Å². The lowest BCUT2D eigenvalue weighted by atomic mass is 10.0. The molecule has 4 atom stereocenters. The third kappa shape index (κ3) is 32.8. The van der Waals surface area contributed by atoms with Gasteiger partial charge in [0, 0.05) is 12.8 Å². The van der Waals surface area contributed by atoms with Crippen LogP contribution in [0.15, 0.2) is 24.3 Å². The molecule has 1 heterocycles. The summed E-state index contributed by atoms with van der Waals surface area (Å²) in [6.07, 6.45) is 48.4. The molecule has 0 aromatic carbocycles. The van der Waals surface area contributed by atoms with Gasteiger partial charge in [0.2, 0.25) is 0 Å². The standard InChI is InChI=1S/C50H92O7/c1-3-5-7-9-11-13-15-17-19-21-23-25-27-29-31-33-35-37-39-41-47(53)56-46(43-51)50-49(45(52)44-55-50)57-48(54)42-40-38-36-34-32-30-28-26-24-22-20-18-16-14-12-10-8-6-4-2/h17-20,45-46,49-52H,3-16,21-44H2,1-2H3/t45-,46+,49+,50+/m0/s1. The van der Waals surface area contributed by atoms with E-state index in [1.807, 2.05) is 0 Å². The van der Waals surface area contributed by atoms with E-state index in [4.69, 9.17) is 14.2 Å². The van der Waals surface area contributed by atoms with Crippen LogP contribution in [0.25, 0.3) is 0 Å². The first kappa shape index (κ1) is 53.3. The summed E-state index contributed by atoms with van der Waals surface area (Å²) < 4.78 is 16.8. The van der Waals surface area contributed by atoms with Crippen LogP contribution in [-0.4, -0.2) is 59.8 Å². The Hall–Kier alpha value is -1.70. The fraction of sp³-hybridized carbons (Fsp3) is 0.880. The summed E-state index contributed by atoms with van der Waals surface area (Å²) in [7, 11) is 0. The van der Waals surface area contributed by atoms with E-state index in [1.165, 1.54) is 180 Å². The van der Waals surface area contributed by atoms with Crippen LogP contribution in [-0.2, 0) is 23.8 Å². The van der Waals surface area contributed by atoms with Crippen molar-refractivity contribution in [1.82, 2.24) is 0 Å². The summed E-state index contributed by atoms with van der Waals surface area (Å²) in [5.41, 5.74) is 0. The molecule has 2 N–H and O–H groups in total. The number of ether oxygens (including phenoxy) is 3. The van der Waals surface area contributed by atoms with Gasteiger partial charge in [-0.1, -0.05) is 192 Å². The minimum Gasteiger partial charge on any atom is -0.457 e. The summed E-state index contributed by atoms with van der Waals surface area (Å²) >= 11 is 0. The first-order valence-corrected chi connectivity index (χ1v) is 24.6. The number of unbranched alkanes of at least 4 members (excludes halogenated alkanes) is 30. The average Bonchev–Trinajstić information content (AvgIpc) is 3.57. The smallest absolute Gasteiger partial charge is 0.306 e. The first-order valence-electron chi connectivity index (χ1n) is 24.6. The van der Waals surface area contributed by atoms with E-state index in [2.05, 4.69) is 38.2 Å². The predicted molar refractivity (Wildman–Crippen MR) is 238 cm³/mol. The van der Waals surface area contributed by atoms with Crippen molar-refractivity contribution in [2.24, 2.45) is 0 Å². The maximum absolute atomic E-state index is 12.6. The van der Waals surface area contributed by atoms with Crippen molar-refractivity contribution < 1.29 is 34.0 Å². The predicted octanol–water partition coefficient (Wildman–Crippen LogP) is 13.8. The van der Waals surface area contributed by atoms with Gasteiger partial charge in [-0.25, -0.2) is 0 Å². The van der Waals surface area contributed by atoms with Gasteiger partial charge in [0.1, 0.15) is 12.2 Å². The molecule has 0 spiro atoms. The summed E-state index contributed by atoms with van der Waals surface area (Å²) in [5, 5.41) is 20.5. The van der Waals surface area contributed by atoms with Crippen molar-refractivity contribution in [3.63, 3.8) is 0 Å². The molecule has 0 aliphatic carbocycles. The van der Waals surface area contributed by atoms with Crippen LogP contribution in [0.1, 0.15) is 245 Å². The molecule has 7 nitrogen and oxygen atoms in total. The van der Waals surface area contributed by atoms with Gasteiger partial charge in [0.15, 0.2) is 12.2 Å². The molecule has 0 aromatic heterocycles. The number of rotatable bonds is 42. The number of carbonyl (C=O) groups is 2. The zero-order valence-electron chi connectivity index (χ0n) is 37.4. The molecule has 1 aliphatic rings. The van der Waals surface area contributed by atoms with Crippen LogP contribution in [0.2, 0.25) is 0 Å². The second-order valence-corrected chi connectivity index (χ2v) is 17.0. The lowest BCUT2D eigenvalue weighted by Crippen LogP contribution is -2.45. The van der Waals surface area contributed by atoms with Crippen LogP contribution in [0.5, 0.6) is 0 Å². The van der Waals surface area contributed by atoms with Crippen molar-refractivity contribution in [3.05, 3.63) is 24.3 Å². The van der Waals surface area contributed by atoms with E-state index in [0.717, 1.165) is 38.5 Å². The number of aliphatic hydroxyl groups is 2. The molecule has 0 radical (unpaired) electrons. The normalized spacial score (nSPS) is 17.6. The molecule has 1 aliphatic heterocycles. The van der Waals surface area contributed by atoms with Gasteiger partial charge in [0.25, 0.3) is 0 Å². The molecular weight excluding hydrogens is 713 g/mol. The maximum atomic E-state index is 12.6. The molecule has 0 amide bonds. The van der Waals surface area contributed by atoms with Gasteiger partial charge in [-0.3, -0.25) is 9.59 Å². The van der Waals surface area contributed by atoms with Crippen molar-refractivity contribution in [2.75, 3.05) is 13.2 Å². The van der Waals surface area contributed by atoms with Crippen molar-refractivity contribution in [2.45, 2.75) is 269 Å². The van der Waals surface area contributed by atoms with Gasteiger partial charge < -0.3 is 24.4 Å². The lowest BCUT2D eigenvalue weighted by molar-refractivity contribution is -0.171. The molecular formula is C50H92O7. The third-order valence-electron chi connectivity index (χ3n) is 11.5. The maximum Gasteiger partial charge on any atom is 0.306 e. The van der Waals surface area contributed by atoms with Gasteiger partial charge >= 0.3 is 11.9 Å². The second-order valence-electron chi connectivity index (χ2n) is 17.0. The zero-order chi connectivity index (χ0) is 41.3. The summed E-state index contributed by atoms with van der Waals surface area (Å²) in [6, 6.07) is 0. The molecule has 1 saturated heterocycles. The average molecular weight is 805 g/mol.